The second-order valence-electron chi connectivity index (χ2n) is 8.20. The number of imidazole rings is 1. The van der Waals surface area contributed by atoms with Crippen LogP contribution in [-0.2, 0) is 21.4 Å². The molecule has 1 amide bonds. The van der Waals surface area contributed by atoms with E-state index < -0.39 is 15.8 Å². The van der Waals surface area contributed by atoms with Crippen molar-refractivity contribution in [2.75, 3.05) is 26.2 Å². The third-order valence-electron chi connectivity index (χ3n) is 6.26. The summed E-state index contributed by atoms with van der Waals surface area (Å²) in [5, 5.41) is 0. The number of carbonyl (C=O) groups is 1. The highest BCUT2D eigenvalue weighted by Crippen LogP contribution is 2.28. The van der Waals surface area contributed by atoms with Crippen molar-refractivity contribution >= 4 is 15.9 Å². The maximum atomic E-state index is 13.1. The van der Waals surface area contributed by atoms with Gasteiger partial charge in [-0.3, -0.25) is 4.79 Å². The van der Waals surface area contributed by atoms with E-state index in [9.17, 15) is 17.6 Å². The minimum atomic E-state index is -3.71. The van der Waals surface area contributed by atoms with Crippen molar-refractivity contribution < 1.29 is 17.6 Å². The van der Waals surface area contributed by atoms with E-state index in [1.165, 1.54) is 16.4 Å². The molecular weight excluding hydrogens is 407 g/mol. The molecular formula is C21H27FN4O3S. The lowest BCUT2D eigenvalue weighted by atomic mass is 9.95. The third kappa shape index (κ3) is 4.27. The van der Waals surface area contributed by atoms with Crippen LogP contribution in [0.4, 0.5) is 4.39 Å². The molecule has 0 spiro atoms. The van der Waals surface area contributed by atoms with Gasteiger partial charge in [0, 0.05) is 45.1 Å². The molecule has 0 N–H and O–H groups in total. The number of amides is 1. The predicted molar refractivity (Wildman–Crippen MR) is 110 cm³/mol. The molecule has 4 rings (SSSR count). The monoisotopic (exact) mass is 434 g/mol. The normalized spacial score (nSPS) is 21.3. The van der Waals surface area contributed by atoms with E-state index in [0.717, 1.165) is 37.3 Å². The molecule has 2 saturated heterocycles. The number of piperidine rings is 1. The minimum absolute atomic E-state index is 0.0454. The van der Waals surface area contributed by atoms with Crippen LogP contribution < -0.4 is 0 Å². The van der Waals surface area contributed by atoms with Crippen LogP contribution in [-0.4, -0.2) is 59.3 Å². The second-order valence-corrected chi connectivity index (χ2v) is 10.1. The number of aromatic nitrogens is 2. The number of rotatable bonds is 5. The number of likely N-dealkylation sites (tertiary alicyclic amines) is 1. The molecule has 162 valence electrons. The number of aryl methyl sites for hydroxylation is 1. The first kappa shape index (κ1) is 21.0. The number of halogens is 1. The van der Waals surface area contributed by atoms with Gasteiger partial charge >= 0.3 is 0 Å². The van der Waals surface area contributed by atoms with Crippen molar-refractivity contribution in [2.45, 2.75) is 37.6 Å². The van der Waals surface area contributed by atoms with Crippen LogP contribution in [0.2, 0.25) is 0 Å². The zero-order chi connectivity index (χ0) is 21.3. The van der Waals surface area contributed by atoms with Gasteiger partial charge in [-0.1, -0.05) is 0 Å². The average Bonchev–Trinajstić information content (AvgIpc) is 3.39. The quantitative estimate of drug-likeness (QED) is 0.724. The summed E-state index contributed by atoms with van der Waals surface area (Å²) < 4.78 is 42.2. The van der Waals surface area contributed by atoms with Crippen LogP contribution in [0.1, 0.15) is 25.1 Å². The van der Waals surface area contributed by atoms with Crippen molar-refractivity contribution in [3.8, 4) is 0 Å². The predicted octanol–water partition coefficient (Wildman–Crippen LogP) is 2.28. The Hall–Kier alpha value is -2.26. The summed E-state index contributed by atoms with van der Waals surface area (Å²) >= 11 is 0. The molecule has 0 radical (unpaired) electrons. The Balaban J connectivity index is 1.32. The summed E-state index contributed by atoms with van der Waals surface area (Å²) in [5.74, 6) is 0.773. The lowest BCUT2D eigenvalue weighted by Crippen LogP contribution is -2.43. The molecule has 0 aliphatic carbocycles. The largest absolute Gasteiger partial charge is 0.342 e. The van der Waals surface area contributed by atoms with Crippen molar-refractivity contribution in [1.29, 1.82) is 0 Å². The van der Waals surface area contributed by atoms with E-state index in [4.69, 9.17) is 0 Å². The molecule has 2 fully saturated rings. The highest BCUT2D eigenvalue weighted by atomic mass is 32.2. The van der Waals surface area contributed by atoms with E-state index in [1.54, 1.807) is 6.20 Å². The molecule has 9 heteroatoms. The Kier molecular flexibility index (Phi) is 5.92. The SMILES string of the molecule is Cc1nccn1CC1CCN(C(=O)[C@@H]2CCN(S(=O)(=O)c3ccc(F)cc3)C2)CC1. The Morgan fingerprint density at radius 2 is 1.83 bits per heavy atom. The topological polar surface area (TPSA) is 75.5 Å². The van der Waals surface area contributed by atoms with E-state index in [2.05, 4.69) is 9.55 Å². The molecule has 1 atom stereocenters. The van der Waals surface area contributed by atoms with Crippen LogP contribution >= 0.6 is 0 Å². The Bertz CT molecular complexity index is 998. The summed E-state index contributed by atoms with van der Waals surface area (Å²) in [6.07, 6.45) is 6.19. The van der Waals surface area contributed by atoms with Gasteiger partial charge in [0.15, 0.2) is 0 Å². The molecule has 1 aromatic heterocycles. The van der Waals surface area contributed by atoms with Gasteiger partial charge in [-0.2, -0.15) is 4.31 Å². The van der Waals surface area contributed by atoms with Crippen LogP contribution in [0.5, 0.6) is 0 Å². The molecule has 1 aromatic carbocycles. The number of benzene rings is 1. The lowest BCUT2D eigenvalue weighted by molar-refractivity contribution is -0.136. The van der Waals surface area contributed by atoms with E-state index in [-0.39, 0.29) is 23.3 Å². The number of carbonyl (C=O) groups excluding carboxylic acids is 1. The highest BCUT2D eigenvalue weighted by molar-refractivity contribution is 7.89. The Morgan fingerprint density at radius 1 is 1.13 bits per heavy atom. The summed E-state index contributed by atoms with van der Waals surface area (Å²) in [6.45, 7) is 4.82. The number of sulfonamides is 1. The summed E-state index contributed by atoms with van der Waals surface area (Å²) in [7, 11) is -3.71. The molecule has 30 heavy (non-hydrogen) atoms. The smallest absolute Gasteiger partial charge is 0.243 e. The Labute approximate surface area is 176 Å². The van der Waals surface area contributed by atoms with Gasteiger partial charge in [0.05, 0.1) is 10.8 Å². The molecule has 0 bridgehead atoms. The molecule has 0 unspecified atom stereocenters. The van der Waals surface area contributed by atoms with Crippen molar-refractivity contribution in [2.24, 2.45) is 11.8 Å². The summed E-state index contributed by atoms with van der Waals surface area (Å²) in [6, 6.07) is 4.82. The van der Waals surface area contributed by atoms with Gasteiger partial charge in [-0.25, -0.2) is 17.8 Å². The maximum absolute atomic E-state index is 13.1. The molecule has 7 nitrogen and oxygen atoms in total. The number of nitrogens with zero attached hydrogens (tertiary/aromatic N) is 4. The first-order valence-electron chi connectivity index (χ1n) is 10.4. The fraction of sp³-hybridized carbons (Fsp3) is 0.524. The van der Waals surface area contributed by atoms with Gasteiger partial charge < -0.3 is 9.47 Å². The lowest BCUT2D eigenvalue weighted by Gasteiger charge is -2.33. The fourth-order valence-electron chi connectivity index (χ4n) is 4.37. The summed E-state index contributed by atoms with van der Waals surface area (Å²) in [5.41, 5.74) is 0. The first-order valence-corrected chi connectivity index (χ1v) is 11.8. The Morgan fingerprint density at radius 3 is 2.47 bits per heavy atom. The number of hydrogen-bond acceptors (Lipinski definition) is 4. The van der Waals surface area contributed by atoms with E-state index in [0.29, 0.717) is 32.0 Å². The third-order valence-corrected chi connectivity index (χ3v) is 8.14. The van der Waals surface area contributed by atoms with Crippen LogP contribution in [0.15, 0.2) is 41.6 Å². The van der Waals surface area contributed by atoms with Crippen LogP contribution in [0.3, 0.4) is 0 Å². The van der Waals surface area contributed by atoms with Gasteiger partial charge in [-0.15, -0.1) is 0 Å². The fourth-order valence-corrected chi connectivity index (χ4v) is 5.87. The minimum Gasteiger partial charge on any atom is -0.342 e. The van der Waals surface area contributed by atoms with Crippen molar-refractivity contribution in [3.05, 3.63) is 48.3 Å². The second kappa shape index (κ2) is 8.47. The molecule has 2 aromatic rings. The van der Waals surface area contributed by atoms with Gasteiger partial charge in [-0.05, 0) is 56.4 Å². The van der Waals surface area contributed by atoms with Crippen LogP contribution in [0.25, 0.3) is 0 Å². The number of hydrogen-bond donors (Lipinski definition) is 0. The van der Waals surface area contributed by atoms with Crippen molar-refractivity contribution in [1.82, 2.24) is 18.8 Å². The van der Waals surface area contributed by atoms with Crippen LogP contribution in [0, 0.1) is 24.6 Å². The average molecular weight is 435 g/mol. The van der Waals surface area contributed by atoms with Crippen molar-refractivity contribution in [3.63, 3.8) is 0 Å². The van der Waals surface area contributed by atoms with Gasteiger partial charge in [0.2, 0.25) is 15.9 Å². The molecule has 2 aliphatic rings. The van der Waals surface area contributed by atoms with Gasteiger partial charge in [0.1, 0.15) is 11.6 Å². The zero-order valence-electron chi connectivity index (χ0n) is 17.1. The maximum Gasteiger partial charge on any atom is 0.243 e. The highest BCUT2D eigenvalue weighted by Gasteiger charge is 2.38. The molecule has 0 saturated carbocycles. The standard InChI is InChI=1S/C21H27FN4O3S/c1-16-23-9-13-25(16)14-17-6-10-24(11-7-17)21(27)18-8-12-26(15-18)30(28,29)20-4-2-19(22)3-5-20/h2-5,9,13,17-18H,6-8,10-12,14-15H2,1H3/t18-/m1/s1. The van der Waals surface area contributed by atoms with E-state index in [1.807, 2.05) is 18.0 Å². The molecule has 2 aliphatic heterocycles. The summed E-state index contributed by atoms with van der Waals surface area (Å²) in [4.78, 5) is 19.2. The first-order chi connectivity index (χ1) is 14.3. The van der Waals surface area contributed by atoms with E-state index >= 15 is 0 Å². The molecule has 3 heterocycles. The zero-order valence-corrected chi connectivity index (χ0v) is 17.9. The van der Waals surface area contributed by atoms with Gasteiger partial charge in [0.25, 0.3) is 0 Å².